The second-order valence-electron chi connectivity index (χ2n) is 12.5. The molecule has 1 heterocycles. The van der Waals surface area contributed by atoms with Crippen molar-refractivity contribution in [1.29, 1.82) is 0 Å². The van der Waals surface area contributed by atoms with Crippen molar-refractivity contribution in [2.45, 2.75) is 0 Å². The molecule has 9 rings (SSSR count). The Labute approximate surface area is 292 Å². The molecular formula is C48H33NO. The Balaban J connectivity index is 1.29. The summed E-state index contributed by atoms with van der Waals surface area (Å²) in [5.41, 5.74) is 14.5. The standard InChI is InChI=1S/C48H33NO/c1-4-16-34(17-5-1)36-28-30-41(44(32-36)40-23-11-10-22-39(40)35-18-6-2-7-19-35)42-24-12-14-26-46(42)49(37-20-8-3-9-21-37)38-29-31-48-45(33-38)43-25-13-15-27-47(43)50-48/h1-33H. The van der Waals surface area contributed by atoms with E-state index in [9.17, 15) is 0 Å². The summed E-state index contributed by atoms with van der Waals surface area (Å²) in [6.45, 7) is 0. The van der Waals surface area contributed by atoms with E-state index in [1.807, 2.05) is 12.1 Å². The first kappa shape index (κ1) is 29.5. The van der Waals surface area contributed by atoms with E-state index < -0.39 is 0 Å². The molecule has 0 radical (unpaired) electrons. The highest BCUT2D eigenvalue weighted by Gasteiger charge is 2.21. The zero-order valence-corrected chi connectivity index (χ0v) is 27.4. The average molecular weight is 640 g/mol. The lowest BCUT2D eigenvalue weighted by atomic mass is 9.86. The molecule has 0 aliphatic heterocycles. The maximum atomic E-state index is 6.23. The van der Waals surface area contributed by atoms with Crippen LogP contribution < -0.4 is 4.90 Å². The minimum absolute atomic E-state index is 0.882. The van der Waals surface area contributed by atoms with Crippen molar-refractivity contribution in [1.82, 2.24) is 0 Å². The minimum atomic E-state index is 0.882. The number of rotatable bonds is 7. The van der Waals surface area contributed by atoms with Gasteiger partial charge < -0.3 is 9.32 Å². The largest absolute Gasteiger partial charge is 0.456 e. The number of benzene rings is 8. The third kappa shape index (κ3) is 5.34. The first-order valence-corrected chi connectivity index (χ1v) is 17.0. The van der Waals surface area contributed by atoms with Gasteiger partial charge in [-0.25, -0.2) is 0 Å². The molecule has 0 bridgehead atoms. The van der Waals surface area contributed by atoms with Crippen molar-refractivity contribution < 1.29 is 4.42 Å². The fraction of sp³-hybridized carbons (Fsp3) is 0. The number of furan rings is 1. The summed E-state index contributed by atoms with van der Waals surface area (Å²) in [5, 5.41) is 2.21. The number of anilines is 3. The molecule has 2 heteroatoms. The summed E-state index contributed by atoms with van der Waals surface area (Å²) in [6, 6.07) is 71.2. The van der Waals surface area contributed by atoms with Crippen LogP contribution in [0, 0.1) is 0 Å². The van der Waals surface area contributed by atoms with E-state index in [0.717, 1.165) is 44.6 Å². The van der Waals surface area contributed by atoms with E-state index >= 15 is 0 Å². The zero-order valence-electron chi connectivity index (χ0n) is 27.4. The van der Waals surface area contributed by atoms with Gasteiger partial charge in [-0.05, 0) is 87.5 Å². The van der Waals surface area contributed by atoms with Crippen molar-refractivity contribution >= 4 is 39.0 Å². The lowest BCUT2D eigenvalue weighted by Crippen LogP contribution is -2.11. The fourth-order valence-electron chi connectivity index (χ4n) is 7.15. The van der Waals surface area contributed by atoms with E-state index in [4.69, 9.17) is 4.42 Å². The van der Waals surface area contributed by atoms with Gasteiger partial charge in [-0.1, -0.05) is 152 Å². The van der Waals surface area contributed by atoms with Gasteiger partial charge in [0.25, 0.3) is 0 Å². The van der Waals surface area contributed by atoms with Crippen LogP contribution in [0.3, 0.4) is 0 Å². The number of hydrogen-bond acceptors (Lipinski definition) is 2. The van der Waals surface area contributed by atoms with Crippen LogP contribution in [0.4, 0.5) is 17.1 Å². The van der Waals surface area contributed by atoms with Gasteiger partial charge >= 0.3 is 0 Å². The van der Waals surface area contributed by atoms with Gasteiger partial charge in [0.15, 0.2) is 0 Å². The first-order chi connectivity index (χ1) is 24.8. The van der Waals surface area contributed by atoms with E-state index in [2.05, 4.69) is 193 Å². The Morgan fingerprint density at radius 3 is 1.66 bits per heavy atom. The first-order valence-electron chi connectivity index (χ1n) is 17.0. The van der Waals surface area contributed by atoms with Gasteiger partial charge in [0, 0.05) is 27.7 Å². The molecule has 0 aliphatic rings. The molecule has 0 N–H and O–H groups in total. The highest BCUT2D eigenvalue weighted by atomic mass is 16.3. The molecular weight excluding hydrogens is 607 g/mol. The molecule has 0 spiro atoms. The van der Waals surface area contributed by atoms with Crippen molar-refractivity contribution in [3.63, 3.8) is 0 Å². The van der Waals surface area contributed by atoms with Crippen LogP contribution in [-0.2, 0) is 0 Å². The number of nitrogens with zero attached hydrogens (tertiary/aromatic N) is 1. The zero-order chi connectivity index (χ0) is 33.3. The molecule has 236 valence electrons. The number of fused-ring (bicyclic) bond motifs is 3. The van der Waals surface area contributed by atoms with Crippen LogP contribution in [0.15, 0.2) is 205 Å². The van der Waals surface area contributed by atoms with Crippen molar-refractivity contribution in [2.75, 3.05) is 4.90 Å². The molecule has 9 aromatic rings. The van der Waals surface area contributed by atoms with Crippen LogP contribution >= 0.6 is 0 Å². The molecule has 8 aromatic carbocycles. The summed E-state index contributed by atoms with van der Waals surface area (Å²) in [4.78, 5) is 2.37. The Bertz CT molecular complexity index is 2590. The lowest BCUT2D eigenvalue weighted by Gasteiger charge is -2.28. The summed E-state index contributed by atoms with van der Waals surface area (Å²) >= 11 is 0. The predicted octanol–water partition coefficient (Wildman–Crippen LogP) is 13.7. The van der Waals surface area contributed by atoms with Gasteiger partial charge in [0.1, 0.15) is 11.2 Å². The molecule has 2 nitrogen and oxygen atoms in total. The summed E-state index contributed by atoms with van der Waals surface area (Å²) in [5.74, 6) is 0. The Kier molecular flexibility index (Phi) is 7.53. The van der Waals surface area contributed by atoms with Crippen molar-refractivity contribution in [2.24, 2.45) is 0 Å². The highest BCUT2D eigenvalue weighted by molar-refractivity contribution is 6.07. The molecule has 0 fully saturated rings. The third-order valence-electron chi connectivity index (χ3n) is 9.50. The molecule has 0 atom stereocenters. The van der Waals surface area contributed by atoms with Crippen LogP contribution in [0.2, 0.25) is 0 Å². The molecule has 0 saturated heterocycles. The van der Waals surface area contributed by atoms with Crippen LogP contribution in [0.1, 0.15) is 0 Å². The number of hydrogen-bond donors (Lipinski definition) is 0. The monoisotopic (exact) mass is 639 g/mol. The topological polar surface area (TPSA) is 16.4 Å². The third-order valence-corrected chi connectivity index (χ3v) is 9.50. The van der Waals surface area contributed by atoms with Crippen LogP contribution in [-0.4, -0.2) is 0 Å². The van der Waals surface area contributed by atoms with Gasteiger partial charge in [0.2, 0.25) is 0 Å². The lowest BCUT2D eigenvalue weighted by molar-refractivity contribution is 0.669. The molecule has 0 amide bonds. The van der Waals surface area contributed by atoms with Gasteiger partial charge in [-0.2, -0.15) is 0 Å². The smallest absolute Gasteiger partial charge is 0.135 e. The highest BCUT2D eigenvalue weighted by Crippen LogP contribution is 2.47. The van der Waals surface area contributed by atoms with Gasteiger partial charge in [0.05, 0.1) is 5.69 Å². The summed E-state index contributed by atoms with van der Waals surface area (Å²) in [6.07, 6.45) is 0. The van der Waals surface area contributed by atoms with Crippen LogP contribution in [0.25, 0.3) is 66.4 Å². The Hall–Kier alpha value is -6.64. The second-order valence-corrected chi connectivity index (χ2v) is 12.5. The second kappa shape index (κ2) is 12.8. The van der Waals surface area contributed by atoms with Gasteiger partial charge in [-0.3, -0.25) is 0 Å². The quantitative estimate of drug-likeness (QED) is 0.173. The molecule has 0 saturated carbocycles. The average Bonchev–Trinajstić information content (AvgIpc) is 3.57. The van der Waals surface area contributed by atoms with Crippen LogP contribution in [0.5, 0.6) is 0 Å². The van der Waals surface area contributed by atoms with E-state index in [0.29, 0.717) is 0 Å². The Morgan fingerprint density at radius 2 is 0.880 bits per heavy atom. The van der Waals surface area contributed by atoms with E-state index in [1.54, 1.807) is 0 Å². The SMILES string of the molecule is c1ccc(-c2ccc(-c3ccccc3N(c3ccccc3)c3ccc4oc5ccccc5c4c3)c(-c3ccccc3-c3ccccc3)c2)cc1. The predicted molar refractivity (Wildman–Crippen MR) is 210 cm³/mol. The molecule has 1 aromatic heterocycles. The number of para-hydroxylation sites is 3. The Morgan fingerprint density at radius 1 is 0.300 bits per heavy atom. The van der Waals surface area contributed by atoms with E-state index in [1.165, 1.54) is 38.9 Å². The maximum Gasteiger partial charge on any atom is 0.135 e. The molecule has 50 heavy (non-hydrogen) atoms. The summed E-state index contributed by atoms with van der Waals surface area (Å²) in [7, 11) is 0. The molecule has 0 aliphatic carbocycles. The molecule has 0 unspecified atom stereocenters. The normalized spacial score (nSPS) is 11.2. The maximum absolute atomic E-state index is 6.23. The summed E-state index contributed by atoms with van der Waals surface area (Å²) < 4.78 is 6.23. The van der Waals surface area contributed by atoms with E-state index in [-0.39, 0.29) is 0 Å². The minimum Gasteiger partial charge on any atom is -0.456 e. The van der Waals surface area contributed by atoms with Crippen molar-refractivity contribution in [3.05, 3.63) is 200 Å². The van der Waals surface area contributed by atoms with Crippen molar-refractivity contribution in [3.8, 4) is 44.5 Å². The van der Waals surface area contributed by atoms with Gasteiger partial charge in [-0.15, -0.1) is 0 Å². The fourth-order valence-corrected chi connectivity index (χ4v) is 7.15.